The first-order valence-electron chi connectivity index (χ1n) is 6.36. The molecule has 0 aliphatic heterocycles. The van der Waals surface area contributed by atoms with Crippen molar-refractivity contribution in [3.63, 3.8) is 0 Å². The molecule has 1 aromatic heterocycles. The number of thiazole rings is 1. The fourth-order valence-corrected chi connectivity index (χ4v) is 2.28. The number of ether oxygens (including phenoxy) is 1. The first-order chi connectivity index (χ1) is 10.2. The van der Waals surface area contributed by atoms with Crippen molar-refractivity contribution in [3.8, 4) is 11.3 Å². The zero-order valence-electron chi connectivity index (χ0n) is 11.4. The average molecular weight is 302 g/mol. The summed E-state index contributed by atoms with van der Waals surface area (Å²) in [6, 6.07) is 9.67. The van der Waals surface area contributed by atoms with Gasteiger partial charge >= 0.3 is 5.97 Å². The van der Waals surface area contributed by atoms with Crippen LogP contribution in [0.4, 0.5) is 5.13 Å². The molecule has 2 aromatic rings. The number of benzene rings is 1. The lowest BCUT2D eigenvalue weighted by atomic mass is 10.2. The van der Waals surface area contributed by atoms with Crippen molar-refractivity contribution in [2.45, 2.75) is 6.92 Å². The third kappa shape index (κ3) is 4.54. The molecule has 1 aromatic carbocycles. The summed E-state index contributed by atoms with van der Waals surface area (Å²) in [7, 11) is 0. The highest BCUT2D eigenvalue weighted by molar-refractivity contribution is 7.14. The molecule has 1 N–H and O–H groups in total. The Morgan fingerprint density at radius 1 is 1.29 bits per heavy atom. The highest BCUT2D eigenvalue weighted by Crippen LogP contribution is 2.24. The first kappa shape index (κ1) is 14.9. The number of carbonyl (C=O) groups is 2. The SMILES string of the molecule is CCOC(=O)C=CC(=O)Nc1nc(-c2ccccc2)cs1. The van der Waals surface area contributed by atoms with Crippen molar-refractivity contribution < 1.29 is 14.3 Å². The van der Waals surface area contributed by atoms with Crippen molar-refractivity contribution in [3.05, 3.63) is 47.9 Å². The van der Waals surface area contributed by atoms with Gasteiger partial charge in [0.1, 0.15) is 0 Å². The molecule has 0 spiro atoms. The Bertz CT molecular complexity index is 650. The largest absolute Gasteiger partial charge is 0.463 e. The molecule has 0 saturated heterocycles. The zero-order valence-corrected chi connectivity index (χ0v) is 12.2. The number of hydrogen-bond acceptors (Lipinski definition) is 5. The fraction of sp³-hybridized carbons (Fsp3) is 0.133. The number of hydrogen-bond donors (Lipinski definition) is 1. The monoisotopic (exact) mass is 302 g/mol. The van der Waals surface area contributed by atoms with E-state index in [-0.39, 0.29) is 6.61 Å². The van der Waals surface area contributed by atoms with Crippen LogP contribution in [0.15, 0.2) is 47.9 Å². The highest BCUT2D eigenvalue weighted by atomic mass is 32.1. The molecule has 0 atom stereocenters. The maximum Gasteiger partial charge on any atom is 0.330 e. The van der Waals surface area contributed by atoms with Gasteiger partial charge in [0.15, 0.2) is 5.13 Å². The lowest BCUT2D eigenvalue weighted by Crippen LogP contribution is -2.09. The minimum atomic E-state index is -0.545. The normalized spacial score (nSPS) is 10.5. The van der Waals surface area contributed by atoms with Gasteiger partial charge in [-0.2, -0.15) is 0 Å². The minimum Gasteiger partial charge on any atom is -0.463 e. The molecule has 1 heterocycles. The molecule has 0 radical (unpaired) electrons. The van der Waals surface area contributed by atoms with Crippen LogP contribution in [0.3, 0.4) is 0 Å². The average Bonchev–Trinajstić information content (AvgIpc) is 2.95. The molecule has 1 amide bonds. The standard InChI is InChI=1S/C15H14N2O3S/c1-2-20-14(19)9-8-13(18)17-15-16-12(10-21-15)11-6-4-3-5-7-11/h3-10H,2H2,1H3,(H,16,17,18). The van der Waals surface area contributed by atoms with Crippen LogP contribution < -0.4 is 5.32 Å². The van der Waals surface area contributed by atoms with E-state index in [1.807, 2.05) is 35.7 Å². The second-order valence-corrected chi connectivity index (χ2v) is 4.84. The predicted octanol–water partition coefficient (Wildman–Crippen LogP) is 2.87. The van der Waals surface area contributed by atoms with E-state index in [1.165, 1.54) is 11.3 Å². The van der Waals surface area contributed by atoms with E-state index in [4.69, 9.17) is 0 Å². The van der Waals surface area contributed by atoms with Crippen LogP contribution in [0.1, 0.15) is 6.92 Å². The Labute approximate surface area is 126 Å². The smallest absolute Gasteiger partial charge is 0.330 e. The summed E-state index contributed by atoms with van der Waals surface area (Å²) in [5.74, 6) is -0.964. The Hall–Kier alpha value is -2.47. The predicted molar refractivity (Wildman–Crippen MR) is 82.0 cm³/mol. The van der Waals surface area contributed by atoms with E-state index in [2.05, 4.69) is 15.0 Å². The summed E-state index contributed by atoms with van der Waals surface area (Å²) in [6.07, 6.45) is 2.21. The molecule has 5 nitrogen and oxygen atoms in total. The number of anilines is 1. The molecule has 0 unspecified atom stereocenters. The van der Waals surface area contributed by atoms with E-state index in [0.29, 0.717) is 5.13 Å². The molecule has 0 saturated carbocycles. The summed E-state index contributed by atoms with van der Waals surface area (Å²) in [4.78, 5) is 27.0. The molecule has 6 heteroatoms. The molecule has 0 bridgehead atoms. The van der Waals surface area contributed by atoms with Gasteiger partial charge in [-0.15, -0.1) is 11.3 Å². The summed E-state index contributed by atoms with van der Waals surface area (Å²) in [6.45, 7) is 1.98. The minimum absolute atomic E-state index is 0.276. The van der Waals surface area contributed by atoms with Gasteiger partial charge in [-0.3, -0.25) is 10.1 Å². The Balaban J connectivity index is 1.97. The molecule has 0 fully saturated rings. The number of esters is 1. The van der Waals surface area contributed by atoms with Crippen molar-refractivity contribution >= 4 is 28.3 Å². The maximum absolute atomic E-state index is 11.6. The topological polar surface area (TPSA) is 68.3 Å². The Morgan fingerprint density at radius 2 is 2.05 bits per heavy atom. The van der Waals surface area contributed by atoms with Gasteiger partial charge in [-0.05, 0) is 6.92 Å². The quantitative estimate of drug-likeness (QED) is 0.681. The molecular formula is C15H14N2O3S. The molecule has 2 rings (SSSR count). The van der Waals surface area contributed by atoms with E-state index in [9.17, 15) is 9.59 Å². The van der Waals surface area contributed by atoms with Crippen LogP contribution in [-0.2, 0) is 14.3 Å². The number of nitrogens with zero attached hydrogens (tertiary/aromatic N) is 1. The summed E-state index contributed by atoms with van der Waals surface area (Å²) in [5, 5.41) is 4.94. The highest BCUT2D eigenvalue weighted by Gasteiger charge is 2.06. The summed E-state index contributed by atoms with van der Waals surface area (Å²) < 4.78 is 4.69. The lowest BCUT2D eigenvalue weighted by molar-refractivity contribution is -0.137. The number of amides is 1. The van der Waals surface area contributed by atoms with Crippen molar-refractivity contribution in [1.29, 1.82) is 0 Å². The van der Waals surface area contributed by atoms with Crippen molar-refractivity contribution in [2.75, 3.05) is 11.9 Å². The van der Waals surface area contributed by atoms with E-state index < -0.39 is 11.9 Å². The van der Waals surface area contributed by atoms with Gasteiger partial charge in [0.2, 0.25) is 5.91 Å². The molecule has 0 aliphatic rings. The van der Waals surface area contributed by atoms with Crippen LogP contribution in [-0.4, -0.2) is 23.5 Å². The van der Waals surface area contributed by atoms with Gasteiger partial charge in [-0.1, -0.05) is 30.3 Å². The van der Waals surface area contributed by atoms with Crippen LogP contribution in [0.2, 0.25) is 0 Å². The Morgan fingerprint density at radius 3 is 2.76 bits per heavy atom. The second-order valence-electron chi connectivity index (χ2n) is 3.98. The number of rotatable bonds is 5. The van der Waals surface area contributed by atoms with Gasteiger partial charge in [0, 0.05) is 23.1 Å². The lowest BCUT2D eigenvalue weighted by Gasteiger charge is -1.97. The fourth-order valence-electron chi connectivity index (χ4n) is 1.55. The van der Waals surface area contributed by atoms with Crippen molar-refractivity contribution in [2.24, 2.45) is 0 Å². The van der Waals surface area contributed by atoms with Gasteiger partial charge < -0.3 is 4.74 Å². The molecule has 108 valence electrons. The van der Waals surface area contributed by atoms with Crippen LogP contribution in [0.25, 0.3) is 11.3 Å². The van der Waals surface area contributed by atoms with Gasteiger partial charge in [0.25, 0.3) is 0 Å². The van der Waals surface area contributed by atoms with E-state index in [0.717, 1.165) is 23.4 Å². The van der Waals surface area contributed by atoms with E-state index >= 15 is 0 Å². The van der Waals surface area contributed by atoms with Crippen LogP contribution in [0, 0.1) is 0 Å². The first-order valence-corrected chi connectivity index (χ1v) is 7.23. The molecule has 0 aliphatic carbocycles. The summed E-state index contributed by atoms with van der Waals surface area (Å²) in [5.41, 5.74) is 1.78. The number of nitrogens with one attached hydrogen (secondary N) is 1. The van der Waals surface area contributed by atoms with Crippen LogP contribution in [0.5, 0.6) is 0 Å². The van der Waals surface area contributed by atoms with Gasteiger partial charge in [0.05, 0.1) is 12.3 Å². The second kappa shape index (κ2) is 7.35. The van der Waals surface area contributed by atoms with Crippen molar-refractivity contribution in [1.82, 2.24) is 4.98 Å². The van der Waals surface area contributed by atoms with Crippen LogP contribution >= 0.6 is 11.3 Å². The third-order valence-electron chi connectivity index (χ3n) is 2.46. The maximum atomic E-state index is 11.6. The van der Waals surface area contributed by atoms with Gasteiger partial charge in [-0.25, -0.2) is 9.78 Å². The third-order valence-corrected chi connectivity index (χ3v) is 3.22. The van der Waals surface area contributed by atoms with E-state index in [1.54, 1.807) is 6.92 Å². The number of aromatic nitrogens is 1. The zero-order chi connectivity index (χ0) is 15.1. The summed E-state index contributed by atoms with van der Waals surface area (Å²) >= 11 is 1.32. The number of carbonyl (C=O) groups excluding carboxylic acids is 2. The Kier molecular flexibility index (Phi) is 5.22. The molecular weight excluding hydrogens is 288 g/mol. The molecule has 21 heavy (non-hydrogen) atoms.